The molecule has 2 amide bonds. The predicted octanol–water partition coefficient (Wildman–Crippen LogP) is 3.84. The highest BCUT2D eigenvalue weighted by Crippen LogP contribution is 2.35. The zero-order chi connectivity index (χ0) is 22.6. The van der Waals surface area contributed by atoms with Crippen molar-refractivity contribution in [2.45, 2.75) is 32.1 Å². The molecule has 1 heterocycles. The van der Waals surface area contributed by atoms with E-state index in [1.807, 2.05) is 32.0 Å². The van der Waals surface area contributed by atoms with E-state index in [1.165, 1.54) is 4.90 Å². The molecule has 0 unspecified atom stereocenters. The van der Waals surface area contributed by atoms with Crippen LogP contribution in [-0.4, -0.2) is 50.6 Å². The maximum Gasteiger partial charge on any atom is 0.260 e. The minimum Gasteiger partial charge on any atom is -0.493 e. The molecule has 0 aromatic heterocycles. The molecule has 2 aromatic rings. The summed E-state index contributed by atoms with van der Waals surface area (Å²) in [5, 5.41) is 3.87. The molecular formula is C24H29ClN2O4. The van der Waals surface area contributed by atoms with E-state index in [0.717, 1.165) is 24.1 Å². The normalized spacial score (nSPS) is 15.1. The number of fused-ring (bicyclic) bond motifs is 1. The number of nitrogens with one attached hydrogen (secondary N) is 1. The first-order valence-electron chi connectivity index (χ1n) is 10.4. The summed E-state index contributed by atoms with van der Waals surface area (Å²) in [6.45, 7) is 5.55. The SMILES string of the molecule is COc1ccc(CCNCCCN2C(=O)c3cc(Cl)ccc3C(C)(C)C2=O)cc1OC. The number of hydrogen-bond donors (Lipinski definition) is 1. The Bertz CT molecular complexity index is 974. The van der Waals surface area contributed by atoms with Crippen molar-refractivity contribution in [1.29, 1.82) is 0 Å². The molecule has 0 saturated heterocycles. The Labute approximate surface area is 188 Å². The van der Waals surface area contributed by atoms with Crippen LogP contribution in [-0.2, 0) is 16.6 Å². The molecule has 7 heteroatoms. The van der Waals surface area contributed by atoms with Crippen LogP contribution in [0.15, 0.2) is 36.4 Å². The standard InChI is InChI=1S/C24H29ClN2O4/c1-24(2)19-8-7-17(25)15-18(19)22(28)27(23(24)29)13-5-11-26-12-10-16-6-9-20(30-3)21(14-16)31-4/h6-9,14-15,26H,5,10-13H2,1-4H3. The monoisotopic (exact) mass is 444 g/mol. The fourth-order valence-electron chi connectivity index (χ4n) is 3.89. The lowest BCUT2D eigenvalue weighted by Crippen LogP contribution is -2.52. The van der Waals surface area contributed by atoms with Gasteiger partial charge in [0.25, 0.3) is 5.91 Å². The van der Waals surface area contributed by atoms with E-state index >= 15 is 0 Å². The van der Waals surface area contributed by atoms with E-state index in [4.69, 9.17) is 21.1 Å². The molecule has 2 aromatic carbocycles. The van der Waals surface area contributed by atoms with Crippen LogP contribution < -0.4 is 14.8 Å². The van der Waals surface area contributed by atoms with E-state index in [2.05, 4.69) is 5.32 Å². The van der Waals surface area contributed by atoms with Gasteiger partial charge in [-0.05, 0) is 75.2 Å². The Morgan fingerprint density at radius 1 is 1.00 bits per heavy atom. The first kappa shape index (κ1) is 23.1. The summed E-state index contributed by atoms with van der Waals surface area (Å²) in [5.41, 5.74) is 1.63. The van der Waals surface area contributed by atoms with Crippen LogP contribution in [0.3, 0.4) is 0 Å². The summed E-state index contributed by atoms with van der Waals surface area (Å²) in [7, 11) is 3.24. The van der Waals surface area contributed by atoms with E-state index in [9.17, 15) is 9.59 Å². The summed E-state index contributed by atoms with van der Waals surface area (Å²) in [5.74, 6) is 0.982. The maximum atomic E-state index is 13.0. The Morgan fingerprint density at radius 3 is 2.45 bits per heavy atom. The first-order valence-corrected chi connectivity index (χ1v) is 10.8. The number of nitrogens with zero attached hydrogens (tertiary/aromatic N) is 1. The Kier molecular flexibility index (Phi) is 7.23. The van der Waals surface area contributed by atoms with Gasteiger partial charge in [-0.2, -0.15) is 0 Å². The van der Waals surface area contributed by atoms with Gasteiger partial charge in [0.1, 0.15) is 0 Å². The molecule has 166 valence electrons. The summed E-state index contributed by atoms with van der Waals surface area (Å²) in [6.07, 6.45) is 1.51. The molecule has 0 aliphatic carbocycles. The number of hydrogen-bond acceptors (Lipinski definition) is 5. The molecule has 3 rings (SSSR count). The molecular weight excluding hydrogens is 416 g/mol. The number of carbonyl (C=O) groups is 2. The van der Waals surface area contributed by atoms with Crippen molar-refractivity contribution in [2.75, 3.05) is 33.9 Å². The zero-order valence-corrected chi connectivity index (χ0v) is 19.2. The zero-order valence-electron chi connectivity index (χ0n) is 18.5. The molecule has 31 heavy (non-hydrogen) atoms. The minimum absolute atomic E-state index is 0.169. The van der Waals surface area contributed by atoms with Crippen LogP contribution in [0, 0.1) is 0 Å². The summed E-state index contributed by atoms with van der Waals surface area (Å²) < 4.78 is 10.6. The quantitative estimate of drug-likeness (QED) is 0.470. The largest absolute Gasteiger partial charge is 0.493 e. The number of imide groups is 1. The third-order valence-electron chi connectivity index (χ3n) is 5.68. The highest BCUT2D eigenvalue weighted by atomic mass is 35.5. The van der Waals surface area contributed by atoms with E-state index in [0.29, 0.717) is 41.6 Å². The van der Waals surface area contributed by atoms with E-state index in [-0.39, 0.29) is 11.8 Å². The van der Waals surface area contributed by atoms with Gasteiger partial charge in [-0.3, -0.25) is 14.5 Å². The van der Waals surface area contributed by atoms with Crippen LogP contribution in [0.4, 0.5) is 0 Å². The molecule has 0 spiro atoms. The van der Waals surface area contributed by atoms with Gasteiger partial charge >= 0.3 is 0 Å². The smallest absolute Gasteiger partial charge is 0.260 e. The second-order valence-electron chi connectivity index (χ2n) is 8.12. The molecule has 0 bridgehead atoms. The summed E-state index contributed by atoms with van der Waals surface area (Å²) >= 11 is 6.09. The van der Waals surface area contributed by atoms with Crippen molar-refractivity contribution in [1.82, 2.24) is 10.2 Å². The lowest BCUT2D eigenvalue weighted by Gasteiger charge is -2.37. The third-order valence-corrected chi connectivity index (χ3v) is 5.92. The van der Waals surface area contributed by atoms with Crippen LogP contribution in [0.2, 0.25) is 5.02 Å². The lowest BCUT2D eigenvalue weighted by molar-refractivity contribution is -0.134. The number of carbonyl (C=O) groups excluding carboxylic acids is 2. The van der Waals surface area contributed by atoms with Crippen LogP contribution in [0.1, 0.15) is 41.8 Å². The van der Waals surface area contributed by atoms with Gasteiger partial charge in [-0.25, -0.2) is 0 Å². The second-order valence-corrected chi connectivity index (χ2v) is 8.56. The Morgan fingerprint density at radius 2 is 1.74 bits per heavy atom. The van der Waals surface area contributed by atoms with Crippen molar-refractivity contribution >= 4 is 23.4 Å². The lowest BCUT2D eigenvalue weighted by atomic mass is 9.77. The van der Waals surface area contributed by atoms with Gasteiger partial charge in [-0.15, -0.1) is 0 Å². The fourth-order valence-corrected chi connectivity index (χ4v) is 4.06. The molecule has 1 aliphatic rings. The van der Waals surface area contributed by atoms with Gasteiger partial charge < -0.3 is 14.8 Å². The second kappa shape index (κ2) is 9.71. The molecule has 0 fully saturated rings. The van der Waals surface area contributed by atoms with Crippen molar-refractivity contribution < 1.29 is 19.1 Å². The molecule has 0 radical (unpaired) electrons. The van der Waals surface area contributed by atoms with Crippen molar-refractivity contribution in [3.63, 3.8) is 0 Å². The van der Waals surface area contributed by atoms with E-state index in [1.54, 1.807) is 32.4 Å². The van der Waals surface area contributed by atoms with Gasteiger partial charge in [0.2, 0.25) is 5.91 Å². The number of rotatable bonds is 9. The molecule has 1 aliphatic heterocycles. The molecule has 0 atom stereocenters. The summed E-state index contributed by atoms with van der Waals surface area (Å²) in [6, 6.07) is 11.0. The molecule has 1 N–H and O–H groups in total. The molecule has 6 nitrogen and oxygen atoms in total. The fraction of sp³-hybridized carbons (Fsp3) is 0.417. The predicted molar refractivity (Wildman–Crippen MR) is 121 cm³/mol. The average Bonchev–Trinajstić information content (AvgIpc) is 2.76. The number of benzene rings is 2. The van der Waals surface area contributed by atoms with Crippen LogP contribution >= 0.6 is 11.6 Å². The van der Waals surface area contributed by atoms with E-state index < -0.39 is 5.41 Å². The number of amides is 2. The summed E-state index contributed by atoms with van der Waals surface area (Å²) in [4.78, 5) is 27.2. The number of halogens is 1. The highest BCUT2D eigenvalue weighted by Gasteiger charge is 2.44. The van der Waals surface area contributed by atoms with Gasteiger partial charge in [0.05, 0.1) is 19.6 Å². The highest BCUT2D eigenvalue weighted by molar-refractivity contribution is 6.31. The van der Waals surface area contributed by atoms with Crippen LogP contribution in [0.25, 0.3) is 0 Å². The first-order chi connectivity index (χ1) is 14.8. The van der Waals surface area contributed by atoms with Gasteiger partial charge in [-0.1, -0.05) is 23.7 Å². The number of methoxy groups -OCH3 is 2. The minimum atomic E-state index is -0.755. The topological polar surface area (TPSA) is 67.9 Å². The Balaban J connectivity index is 1.52. The Hall–Kier alpha value is -2.57. The van der Waals surface area contributed by atoms with Gasteiger partial charge in [0.15, 0.2) is 11.5 Å². The van der Waals surface area contributed by atoms with Crippen LogP contribution in [0.5, 0.6) is 11.5 Å². The van der Waals surface area contributed by atoms with Crippen molar-refractivity contribution in [3.05, 3.63) is 58.1 Å². The van der Waals surface area contributed by atoms with Crippen molar-refractivity contribution in [2.24, 2.45) is 0 Å². The number of ether oxygens (including phenoxy) is 2. The maximum absolute atomic E-state index is 13.0. The molecule has 0 saturated carbocycles. The van der Waals surface area contributed by atoms with Crippen molar-refractivity contribution in [3.8, 4) is 11.5 Å². The third kappa shape index (κ3) is 4.86. The average molecular weight is 445 g/mol. The van der Waals surface area contributed by atoms with Gasteiger partial charge in [0, 0.05) is 17.1 Å².